The van der Waals surface area contributed by atoms with E-state index in [0.717, 1.165) is 25.5 Å². The fourth-order valence-corrected chi connectivity index (χ4v) is 3.80. The second-order valence-corrected chi connectivity index (χ2v) is 9.24. The van der Waals surface area contributed by atoms with Crippen LogP contribution in [0.25, 0.3) is 10.8 Å². The Morgan fingerprint density at radius 1 is 0.970 bits per heavy atom. The number of carbonyl (C=O) groups excluding carboxylic acids is 2. The number of unbranched alkanes of at least 4 members (excludes halogenated alkanes) is 2. The Morgan fingerprint density at radius 3 is 2.36 bits per heavy atom. The molecule has 0 fully saturated rings. The maximum Gasteiger partial charge on any atom is 0.290 e. The van der Waals surface area contributed by atoms with Gasteiger partial charge in [0.2, 0.25) is 10.0 Å². The minimum Gasteiger partial charge on any atom is -0.284 e. The van der Waals surface area contributed by atoms with E-state index in [4.69, 9.17) is 0 Å². The van der Waals surface area contributed by atoms with E-state index in [2.05, 4.69) is 20.7 Å². The molecule has 174 valence electrons. The van der Waals surface area contributed by atoms with Crippen LogP contribution >= 0.6 is 0 Å². The van der Waals surface area contributed by atoms with Gasteiger partial charge in [0.05, 0.1) is 11.6 Å². The van der Waals surface area contributed by atoms with Crippen molar-refractivity contribution in [3.8, 4) is 0 Å². The zero-order valence-corrected chi connectivity index (χ0v) is 19.1. The summed E-state index contributed by atoms with van der Waals surface area (Å²) in [5, 5.41) is 4.98. The summed E-state index contributed by atoms with van der Waals surface area (Å²) in [6, 6.07) is 12.5. The van der Waals surface area contributed by atoms with Gasteiger partial charge in [0.1, 0.15) is 0 Å². The van der Waals surface area contributed by atoms with E-state index in [1.807, 2.05) is 6.92 Å². The van der Waals surface area contributed by atoms with Crippen LogP contribution in [-0.4, -0.2) is 36.3 Å². The minimum absolute atomic E-state index is 0.00879. The predicted molar refractivity (Wildman–Crippen MR) is 125 cm³/mol. The zero-order chi connectivity index (χ0) is 24.0. The molecule has 3 rings (SSSR count). The molecule has 2 aromatic carbocycles. The predicted octanol–water partition coefficient (Wildman–Crippen LogP) is 2.03. The number of aryl methyl sites for hydroxylation is 1. The van der Waals surface area contributed by atoms with E-state index in [1.54, 1.807) is 24.3 Å². The number of hydrogen-bond acceptors (Lipinski definition) is 6. The van der Waals surface area contributed by atoms with Crippen LogP contribution in [0, 0.1) is 0 Å². The number of amides is 2. The SMILES string of the molecule is CCCCCn1nc(C(=O)NNC(=O)c2cccc(NS(C)(=O)=O)c2)c2ccccc2c1=O. The average molecular weight is 472 g/mol. The molecule has 10 nitrogen and oxygen atoms in total. The van der Waals surface area contributed by atoms with Crippen LogP contribution in [0.5, 0.6) is 0 Å². The summed E-state index contributed by atoms with van der Waals surface area (Å²) in [4.78, 5) is 38.1. The molecule has 0 saturated heterocycles. The van der Waals surface area contributed by atoms with E-state index in [1.165, 1.54) is 28.9 Å². The van der Waals surface area contributed by atoms with Gasteiger partial charge in [0.15, 0.2) is 5.69 Å². The molecule has 3 N–H and O–H groups in total. The van der Waals surface area contributed by atoms with E-state index in [9.17, 15) is 22.8 Å². The number of anilines is 1. The molecule has 3 aromatic rings. The second kappa shape index (κ2) is 10.3. The summed E-state index contributed by atoms with van der Waals surface area (Å²) < 4.78 is 26.3. The average Bonchev–Trinajstić information content (AvgIpc) is 2.78. The highest BCUT2D eigenvalue weighted by Crippen LogP contribution is 2.14. The highest BCUT2D eigenvalue weighted by Gasteiger charge is 2.18. The van der Waals surface area contributed by atoms with Gasteiger partial charge >= 0.3 is 0 Å². The number of rotatable bonds is 8. The lowest BCUT2D eigenvalue weighted by molar-refractivity contribution is 0.0843. The van der Waals surface area contributed by atoms with E-state index < -0.39 is 21.8 Å². The third-order valence-electron chi connectivity index (χ3n) is 4.77. The van der Waals surface area contributed by atoms with Crippen LogP contribution in [0.3, 0.4) is 0 Å². The van der Waals surface area contributed by atoms with Crippen LogP contribution in [0.15, 0.2) is 53.3 Å². The van der Waals surface area contributed by atoms with E-state index in [-0.39, 0.29) is 22.5 Å². The lowest BCUT2D eigenvalue weighted by Gasteiger charge is -2.12. The van der Waals surface area contributed by atoms with Gasteiger partial charge in [-0.3, -0.25) is 30.0 Å². The summed E-state index contributed by atoms with van der Waals surface area (Å²) in [5.74, 6) is -1.34. The molecule has 1 aromatic heterocycles. The number of sulfonamides is 1. The molecular weight excluding hydrogens is 446 g/mol. The van der Waals surface area contributed by atoms with Gasteiger partial charge < -0.3 is 0 Å². The monoisotopic (exact) mass is 471 g/mol. The Balaban J connectivity index is 1.81. The molecule has 33 heavy (non-hydrogen) atoms. The minimum atomic E-state index is -3.51. The molecule has 0 radical (unpaired) electrons. The largest absolute Gasteiger partial charge is 0.290 e. The molecule has 0 saturated carbocycles. The second-order valence-electron chi connectivity index (χ2n) is 7.49. The van der Waals surface area contributed by atoms with Crippen LogP contribution in [-0.2, 0) is 16.6 Å². The first-order valence-electron chi connectivity index (χ1n) is 10.4. The number of hydrazine groups is 1. The number of fused-ring (bicyclic) bond motifs is 1. The molecule has 0 atom stereocenters. The molecule has 1 heterocycles. The number of nitrogens with zero attached hydrogens (tertiary/aromatic N) is 2. The highest BCUT2D eigenvalue weighted by molar-refractivity contribution is 7.92. The Kier molecular flexibility index (Phi) is 7.44. The topological polar surface area (TPSA) is 139 Å². The molecular formula is C22H25N5O5S. The Labute approximate surface area is 191 Å². The molecule has 11 heteroatoms. The number of nitrogens with one attached hydrogen (secondary N) is 3. The summed E-state index contributed by atoms with van der Waals surface area (Å²) in [7, 11) is -3.51. The van der Waals surface area contributed by atoms with Gasteiger partial charge in [-0.15, -0.1) is 0 Å². The van der Waals surface area contributed by atoms with Crippen molar-refractivity contribution in [3.63, 3.8) is 0 Å². The fraction of sp³-hybridized carbons (Fsp3) is 0.273. The zero-order valence-electron chi connectivity index (χ0n) is 18.3. The molecule has 0 bridgehead atoms. The lowest BCUT2D eigenvalue weighted by Crippen LogP contribution is -2.42. The fourth-order valence-electron chi connectivity index (χ4n) is 3.25. The first kappa shape index (κ1) is 23.9. The van der Waals surface area contributed by atoms with Crippen molar-refractivity contribution >= 4 is 38.3 Å². The maximum atomic E-state index is 12.8. The van der Waals surface area contributed by atoms with Crippen molar-refractivity contribution in [2.75, 3.05) is 11.0 Å². The van der Waals surface area contributed by atoms with Gasteiger partial charge in [-0.2, -0.15) is 5.10 Å². The van der Waals surface area contributed by atoms with Gasteiger partial charge in [0.25, 0.3) is 17.4 Å². The van der Waals surface area contributed by atoms with Gasteiger partial charge in [0, 0.05) is 23.2 Å². The van der Waals surface area contributed by atoms with Crippen molar-refractivity contribution in [2.24, 2.45) is 0 Å². The van der Waals surface area contributed by atoms with Gasteiger partial charge in [-0.25, -0.2) is 13.1 Å². The number of carbonyl (C=O) groups is 2. The Bertz CT molecular complexity index is 1350. The third kappa shape index (κ3) is 6.16. The first-order valence-corrected chi connectivity index (χ1v) is 12.3. The summed E-state index contributed by atoms with van der Waals surface area (Å²) in [5.41, 5.74) is 4.68. The maximum absolute atomic E-state index is 12.8. The summed E-state index contributed by atoms with van der Waals surface area (Å²) in [6.07, 6.45) is 3.64. The normalized spacial score (nSPS) is 11.2. The van der Waals surface area contributed by atoms with Crippen molar-refractivity contribution < 1.29 is 18.0 Å². The van der Waals surface area contributed by atoms with Crippen molar-refractivity contribution in [3.05, 3.63) is 70.1 Å². The number of hydrogen-bond donors (Lipinski definition) is 3. The number of aromatic nitrogens is 2. The molecule has 0 unspecified atom stereocenters. The lowest BCUT2D eigenvalue weighted by atomic mass is 10.1. The van der Waals surface area contributed by atoms with Crippen molar-refractivity contribution in [1.29, 1.82) is 0 Å². The van der Waals surface area contributed by atoms with Crippen LogP contribution in [0.4, 0.5) is 5.69 Å². The molecule has 0 aliphatic heterocycles. The Morgan fingerprint density at radius 2 is 1.67 bits per heavy atom. The Hall–Kier alpha value is -3.73. The van der Waals surface area contributed by atoms with Gasteiger partial charge in [-0.05, 0) is 30.7 Å². The first-order chi connectivity index (χ1) is 15.7. The third-order valence-corrected chi connectivity index (χ3v) is 5.38. The van der Waals surface area contributed by atoms with Crippen LogP contribution < -0.4 is 21.1 Å². The smallest absolute Gasteiger partial charge is 0.284 e. The molecule has 0 aliphatic rings. The van der Waals surface area contributed by atoms with Gasteiger partial charge in [-0.1, -0.05) is 44.0 Å². The van der Waals surface area contributed by atoms with Crippen molar-refractivity contribution in [2.45, 2.75) is 32.7 Å². The number of benzene rings is 2. The molecule has 2 amide bonds. The standard InChI is InChI=1S/C22H25N5O5S/c1-3-4-7-13-27-22(30)18-12-6-5-11-17(18)19(25-27)21(29)24-23-20(28)15-9-8-10-16(14-15)26-33(2,31)32/h5-6,8-12,14,26H,3-4,7,13H2,1-2H3,(H,23,28)(H,24,29). The van der Waals surface area contributed by atoms with Crippen molar-refractivity contribution in [1.82, 2.24) is 20.6 Å². The van der Waals surface area contributed by atoms with Crippen LogP contribution in [0.2, 0.25) is 0 Å². The summed E-state index contributed by atoms with van der Waals surface area (Å²) >= 11 is 0. The highest BCUT2D eigenvalue weighted by atomic mass is 32.2. The summed E-state index contributed by atoms with van der Waals surface area (Å²) in [6.45, 7) is 2.43. The van der Waals surface area contributed by atoms with E-state index >= 15 is 0 Å². The molecule has 0 aliphatic carbocycles. The molecule has 0 spiro atoms. The van der Waals surface area contributed by atoms with E-state index in [0.29, 0.717) is 17.3 Å². The van der Waals surface area contributed by atoms with Crippen LogP contribution in [0.1, 0.15) is 47.0 Å². The quantitative estimate of drug-likeness (QED) is 0.339.